The maximum Gasteiger partial charge on any atom is 0.317 e. The summed E-state index contributed by atoms with van der Waals surface area (Å²) < 4.78 is 16.8. The zero-order chi connectivity index (χ0) is 23.1. The fraction of sp³-hybridized carbons (Fsp3) is 0.375. The predicted molar refractivity (Wildman–Crippen MR) is 120 cm³/mol. The molecule has 0 saturated carbocycles. The normalized spacial score (nSPS) is 12.2. The Balaban J connectivity index is 1.82. The molecule has 8 nitrogen and oxygen atoms in total. The smallest absolute Gasteiger partial charge is 0.317 e. The van der Waals surface area contributed by atoms with Crippen LogP contribution in [0, 0.1) is 0 Å². The number of aromatic nitrogens is 2. The number of carboxylic acid groups (broad SMARTS) is 1. The van der Waals surface area contributed by atoms with Crippen LogP contribution >= 0.6 is 0 Å². The number of aliphatic carboxylic acids is 1. The van der Waals surface area contributed by atoms with Crippen molar-refractivity contribution in [1.82, 2.24) is 15.0 Å². The summed E-state index contributed by atoms with van der Waals surface area (Å²) in [6.07, 6.45) is 1.01. The molecular weight excluding hydrogens is 410 g/mol. The van der Waals surface area contributed by atoms with Gasteiger partial charge in [-0.2, -0.15) is 4.98 Å². The fourth-order valence-corrected chi connectivity index (χ4v) is 3.26. The van der Waals surface area contributed by atoms with Crippen LogP contribution in [0.4, 0.5) is 0 Å². The zero-order valence-corrected chi connectivity index (χ0v) is 18.9. The van der Waals surface area contributed by atoms with Gasteiger partial charge in [-0.15, -0.1) is 0 Å². The van der Waals surface area contributed by atoms with Crippen molar-refractivity contribution in [2.24, 2.45) is 0 Å². The Kier molecular flexibility index (Phi) is 7.97. The molecule has 0 aliphatic carbocycles. The first-order chi connectivity index (χ1) is 15.4. The van der Waals surface area contributed by atoms with Gasteiger partial charge in [0.05, 0.1) is 19.3 Å². The molecule has 0 amide bonds. The molecule has 2 aromatic carbocycles. The van der Waals surface area contributed by atoms with E-state index in [2.05, 4.69) is 17.1 Å². The van der Waals surface area contributed by atoms with Gasteiger partial charge in [-0.3, -0.25) is 9.69 Å². The maximum absolute atomic E-state index is 10.9. The second-order valence-corrected chi connectivity index (χ2v) is 7.78. The highest BCUT2D eigenvalue weighted by molar-refractivity contribution is 5.69. The molecule has 0 aliphatic heterocycles. The number of hydrogen-bond donors (Lipinski definition) is 1. The van der Waals surface area contributed by atoms with Crippen molar-refractivity contribution in [3.05, 3.63) is 53.6 Å². The van der Waals surface area contributed by atoms with E-state index in [-0.39, 0.29) is 12.6 Å². The molecule has 0 aliphatic rings. The van der Waals surface area contributed by atoms with Crippen LogP contribution in [0.25, 0.3) is 22.8 Å². The molecule has 0 spiro atoms. The first-order valence-corrected chi connectivity index (χ1v) is 10.5. The van der Waals surface area contributed by atoms with Gasteiger partial charge in [-0.05, 0) is 50.2 Å². The summed E-state index contributed by atoms with van der Waals surface area (Å²) in [5.74, 6) is 0.791. The number of nitrogens with zero attached hydrogens (tertiary/aromatic N) is 3. The fourth-order valence-electron chi connectivity index (χ4n) is 3.26. The van der Waals surface area contributed by atoms with E-state index in [0.29, 0.717) is 24.9 Å². The van der Waals surface area contributed by atoms with Crippen LogP contribution in [0.3, 0.4) is 0 Å². The highest BCUT2D eigenvalue weighted by Gasteiger charge is 2.15. The summed E-state index contributed by atoms with van der Waals surface area (Å²) in [5, 5.41) is 13.1. The molecule has 8 heteroatoms. The molecule has 0 radical (unpaired) electrons. The Labute approximate surface area is 187 Å². The van der Waals surface area contributed by atoms with Gasteiger partial charge in [-0.1, -0.05) is 30.3 Å². The quantitative estimate of drug-likeness (QED) is 0.474. The molecule has 1 aromatic heterocycles. The van der Waals surface area contributed by atoms with E-state index in [1.165, 1.54) is 0 Å². The third kappa shape index (κ3) is 6.15. The SMILES string of the molecule is CCC(C)Oc1ccc(-c2nc(-c3cccc(CN(C)CC(=O)O)c3)no2)cc1COC. The average Bonchev–Trinajstić information content (AvgIpc) is 3.25. The maximum atomic E-state index is 10.9. The monoisotopic (exact) mass is 439 g/mol. The molecule has 1 unspecified atom stereocenters. The number of rotatable bonds is 11. The van der Waals surface area contributed by atoms with Gasteiger partial charge in [0.25, 0.3) is 5.89 Å². The molecule has 32 heavy (non-hydrogen) atoms. The van der Waals surface area contributed by atoms with E-state index in [1.54, 1.807) is 19.1 Å². The molecule has 1 heterocycles. The lowest BCUT2D eigenvalue weighted by Gasteiger charge is -2.16. The lowest BCUT2D eigenvalue weighted by Crippen LogP contribution is -2.25. The lowest BCUT2D eigenvalue weighted by atomic mass is 10.1. The van der Waals surface area contributed by atoms with Crippen LogP contribution in [0.1, 0.15) is 31.4 Å². The summed E-state index contributed by atoms with van der Waals surface area (Å²) >= 11 is 0. The van der Waals surface area contributed by atoms with Crippen LogP contribution in [-0.2, 0) is 22.7 Å². The first kappa shape index (κ1) is 23.4. The van der Waals surface area contributed by atoms with E-state index in [4.69, 9.17) is 19.1 Å². The van der Waals surface area contributed by atoms with Crippen LogP contribution < -0.4 is 4.74 Å². The predicted octanol–water partition coefficient (Wildman–Crippen LogP) is 4.24. The van der Waals surface area contributed by atoms with E-state index >= 15 is 0 Å². The lowest BCUT2D eigenvalue weighted by molar-refractivity contribution is -0.138. The Morgan fingerprint density at radius 1 is 1.22 bits per heavy atom. The number of likely N-dealkylation sites (N-methyl/N-ethyl adjacent to an activating group) is 1. The van der Waals surface area contributed by atoms with Crippen molar-refractivity contribution in [2.75, 3.05) is 20.7 Å². The molecule has 170 valence electrons. The summed E-state index contributed by atoms with van der Waals surface area (Å²) in [7, 11) is 3.41. The van der Waals surface area contributed by atoms with Gasteiger partial charge in [0.2, 0.25) is 5.82 Å². The summed E-state index contributed by atoms with van der Waals surface area (Å²) in [6.45, 7) is 4.99. The van der Waals surface area contributed by atoms with Gasteiger partial charge in [0, 0.05) is 30.3 Å². The van der Waals surface area contributed by atoms with Crippen LogP contribution in [0.15, 0.2) is 47.0 Å². The molecule has 1 N–H and O–H groups in total. The van der Waals surface area contributed by atoms with Gasteiger partial charge in [-0.25, -0.2) is 0 Å². The highest BCUT2D eigenvalue weighted by Crippen LogP contribution is 2.29. The summed E-state index contributed by atoms with van der Waals surface area (Å²) in [6, 6.07) is 13.4. The van der Waals surface area contributed by atoms with E-state index in [0.717, 1.165) is 34.4 Å². The van der Waals surface area contributed by atoms with Crippen molar-refractivity contribution in [1.29, 1.82) is 0 Å². The number of carbonyl (C=O) groups is 1. The zero-order valence-electron chi connectivity index (χ0n) is 18.9. The van der Waals surface area contributed by atoms with Crippen molar-refractivity contribution in [3.63, 3.8) is 0 Å². The van der Waals surface area contributed by atoms with Crippen molar-refractivity contribution in [3.8, 4) is 28.6 Å². The van der Waals surface area contributed by atoms with Gasteiger partial charge in [0.1, 0.15) is 5.75 Å². The molecule has 0 bridgehead atoms. The van der Waals surface area contributed by atoms with E-state index in [9.17, 15) is 4.79 Å². The number of ether oxygens (including phenoxy) is 2. The van der Waals surface area contributed by atoms with Crippen molar-refractivity contribution < 1.29 is 23.9 Å². The minimum atomic E-state index is -0.861. The van der Waals surface area contributed by atoms with E-state index < -0.39 is 5.97 Å². The van der Waals surface area contributed by atoms with Crippen LogP contribution in [-0.4, -0.2) is 52.9 Å². The Morgan fingerprint density at radius 2 is 2.03 bits per heavy atom. The first-order valence-electron chi connectivity index (χ1n) is 10.5. The minimum absolute atomic E-state index is 0.0306. The second-order valence-electron chi connectivity index (χ2n) is 7.78. The standard InChI is InChI=1S/C24H29N3O5/c1-5-16(2)31-21-10-9-19(12-20(21)15-30-4)24-25-23(26-32-24)18-8-6-7-17(11-18)13-27(3)14-22(28)29/h6-12,16H,5,13-15H2,1-4H3,(H,28,29). The van der Waals surface area contributed by atoms with Crippen molar-refractivity contribution >= 4 is 5.97 Å². The van der Waals surface area contributed by atoms with E-state index in [1.807, 2.05) is 49.4 Å². The number of methoxy groups -OCH3 is 1. The number of hydrogen-bond acceptors (Lipinski definition) is 7. The summed E-state index contributed by atoms with van der Waals surface area (Å²) in [5.41, 5.74) is 3.46. The van der Waals surface area contributed by atoms with Crippen LogP contribution in [0.2, 0.25) is 0 Å². The molecule has 3 rings (SSSR count). The van der Waals surface area contributed by atoms with Gasteiger partial charge >= 0.3 is 5.97 Å². The van der Waals surface area contributed by atoms with Gasteiger partial charge < -0.3 is 19.1 Å². The second kappa shape index (κ2) is 10.9. The summed E-state index contributed by atoms with van der Waals surface area (Å²) in [4.78, 5) is 17.2. The Hall–Kier alpha value is -3.23. The largest absolute Gasteiger partial charge is 0.490 e. The highest BCUT2D eigenvalue weighted by atomic mass is 16.5. The van der Waals surface area contributed by atoms with Crippen LogP contribution in [0.5, 0.6) is 5.75 Å². The molecule has 0 saturated heterocycles. The topological polar surface area (TPSA) is 97.9 Å². The van der Waals surface area contributed by atoms with Crippen molar-refractivity contribution in [2.45, 2.75) is 39.5 Å². The number of carboxylic acids is 1. The van der Waals surface area contributed by atoms with Gasteiger partial charge in [0.15, 0.2) is 0 Å². The number of benzene rings is 2. The third-order valence-corrected chi connectivity index (χ3v) is 4.98. The minimum Gasteiger partial charge on any atom is -0.490 e. The molecular formula is C24H29N3O5. The Bertz CT molecular complexity index is 1050. The third-order valence-electron chi connectivity index (χ3n) is 4.98. The molecule has 3 aromatic rings. The Morgan fingerprint density at radius 3 is 2.75 bits per heavy atom. The molecule has 0 fully saturated rings. The average molecular weight is 440 g/mol. The molecule has 1 atom stereocenters.